The molecule has 0 heteroatoms. The fourth-order valence-electron chi connectivity index (χ4n) is 4.35. The van der Waals surface area contributed by atoms with Crippen molar-refractivity contribution < 1.29 is 0 Å². The lowest BCUT2D eigenvalue weighted by Crippen LogP contribution is -2.04. The molecule has 0 unspecified atom stereocenters. The van der Waals surface area contributed by atoms with Gasteiger partial charge in [-0.25, -0.2) is 0 Å². The van der Waals surface area contributed by atoms with Gasteiger partial charge in [-0.3, -0.25) is 0 Å². The van der Waals surface area contributed by atoms with Crippen LogP contribution in [0.15, 0.2) is 42.5 Å². The second kappa shape index (κ2) is 13.6. The molecule has 0 fully saturated rings. The molecular formula is C28H42. The summed E-state index contributed by atoms with van der Waals surface area (Å²) in [6, 6.07) is 15.7. The van der Waals surface area contributed by atoms with Gasteiger partial charge < -0.3 is 0 Å². The lowest BCUT2D eigenvalue weighted by molar-refractivity contribution is 0.556. The maximum atomic E-state index is 2.36. The standard InChI is InChI=1S/C28H42/c1-4-6-7-8-9-10-11-12-13-17-20-27-24(3)21-22-26(5-2)28(27)23-25-18-15-14-16-19-25/h14-16,18-19,21-22H,4-13,17,20,23H2,1-3H3. The van der Waals surface area contributed by atoms with E-state index in [1.165, 1.54) is 87.3 Å². The van der Waals surface area contributed by atoms with Gasteiger partial charge in [-0.2, -0.15) is 0 Å². The van der Waals surface area contributed by atoms with Crippen molar-refractivity contribution >= 4 is 0 Å². The highest BCUT2D eigenvalue weighted by Gasteiger charge is 2.11. The van der Waals surface area contributed by atoms with Crippen LogP contribution in [0.25, 0.3) is 0 Å². The first kappa shape index (κ1) is 22.7. The van der Waals surface area contributed by atoms with E-state index in [0.717, 1.165) is 12.8 Å². The number of rotatable bonds is 14. The molecular weight excluding hydrogens is 336 g/mol. The summed E-state index contributed by atoms with van der Waals surface area (Å²) in [5.74, 6) is 0. The molecule has 0 nitrogen and oxygen atoms in total. The number of benzene rings is 2. The molecule has 0 amide bonds. The molecule has 0 spiro atoms. The van der Waals surface area contributed by atoms with Gasteiger partial charge in [-0.1, -0.05) is 114 Å². The average Bonchev–Trinajstić information content (AvgIpc) is 2.72. The Labute approximate surface area is 174 Å². The minimum absolute atomic E-state index is 1.08. The van der Waals surface area contributed by atoms with Crippen LogP contribution in [-0.2, 0) is 19.3 Å². The largest absolute Gasteiger partial charge is 0.0654 e. The van der Waals surface area contributed by atoms with E-state index in [0.29, 0.717) is 0 Å². The third-order valence-corrected chi connectivity index (χ3v) is 6.15. The molecule has 154 valence electrons. The first-order chi connectivity index (χ1) is 13.8. The molecule has 0 heterocycles. The van der Waals surface area contributed by atoms with Gasteiger partial charge in [0, 0.05) is 0 Å². The number of aryl methyl sites for hydroxylation is 2. The van der Waals surface area contributed by atoms with Crippen LogP contribution in [0.1, 0.15) is 106 Å². The Kier molecular flexibility index (Phi) is 11.0. The lowest BCUT2D eigenvalue weighted by Gasteiger charge is -2.17. The molecule has 2 rings (SSSR count). The summed E-state index contributed by atoms with van der Waals surface area (Å²) in [6.07, 6.45) is 17.6. The van der Waals surface area contributed by atoms with Gasteiger partial charge in [0.25, 0.3) is 0 Å². The highest BCUT2D eigenvalue weighted by atomic mass is 14.2. The van der Waals surface area contributed by atoms with E-state index in [1.54, 1.807) is 11.1 Å². The van der Waals surface area contributed by atoms with Gasteiger partial charge in [0.2, 0.25) is 0 Å². The Hall–Kier alpha value is -1.56. The van der Waals surface area contributed by atoms with Crippen LogP contribution in [0, 0.1) is 6.92 Å². The van der Waals surface area contributed by atoms with Gasteiger partial charge in [-0.15, -0.1) is 0 Å². The monoisotopic (exact) mass is 378 g/mol. The molecule has 0 aromatic heterocycles. The van der Waals surface area contributed by atoms with E-state index < -0.39 is 0 Å². The fourth-order valence-corrected chi connectivity index (χ4v) is 4.35. The zero-order valence-electron chi connectivity index (χ0n) is 18.7. The molecule has 0 bridgehead atoms. The minimum Gasteiger partial charge on any atom is -0.0654 e. The normalized spacial score (nSPS) is 11.1. The lowest BCUT2D eigenvalue weighted by atomic mass is 9.88. The van der Waals surface area contributed by atoms with E-state index >= 15 is 0 Å². The molecule has 0 radical (unpaired) electrons. The Bertz CT molecular complexity index is 653. The predicted octanol–water partition coefficient (Wildman–Crippen LogP) is 8.61. The first-order valence-corrected chi connectivity index (χ1v) is 11.9. The van der Waals surface area contributed by atoms with E-state index in [4.69, 9.17) is 0 Å². The molecule has 0 saturated heterocycles. The topological polar surface area (TPSA) is 0 Å². The third-order valence-electron chi connectivity index (χ3n) is 6.15. The second-order valence-electron chi connectivity index (χ2n) is 8.45. The highest BCUT2D eigenvalue weighted by molar-refractivity contribution is 5.43. The number of hydrogen-bond acceptors (Lipinski definition) is 0. The molecule has 0 aliphatic heterocycles. The summed E-state index contributed by atoms with van der Waals surface area (Å²) in [5, 5.41) is 0. The zero-order valence-corrected chi connectivity index (χ0v) is 18.7. The Morgan fingerprint density at radius 1 is 0.607 bits per heavy atom. The van der Waals surface area contributed by atoms with Gasteiger partial charge in [0.1, 0.15) is 0 Å². The van der Waals surface area contributed by atoms with E-state index in [-0.39, 0.29) is 0 Å². The van der Waals surface area contributed by atoms with Crippen molar-refractivity contribution in [2.75, 3.05) is 0 Å². The van der Waals surface area contributed by atoms with Gasteiger partial charge in [0.15, 0.2) is 0 Å². The highest BCUT2D eigenvalue weighted by Crippen LogP contribution is 2.25. The first-order valence-electron chi connectivity index (χ1n) is 11.9. The van der Waals surface area contributed by atoms with Crippen LogP contribution in [-0.4, -0.2) is 0 Å². The molecule has 0 N–H and O–H groups in total. The molecule has 28 heavy (non-hydrogen) atoms. The van der Waals surface area contributed by atoms with Crippen LogP contribution in [0.2, 0.25) is 0 Å². The zero-order chi connectivity index (χ0) is 20.0. The maximum absolute atomic E-state index is 2.36. The smallest absolute Gasteiger partial charge is 0.00202 e. The van der Waals surface area contributed by atoms with Crippen LogP contribution >= 0.6 is 0 Å². The van der Waals surface area contributed by atoms with Crippen LogP contribution < -0.4 is 0 Å². The quantitative estimate of drug-likeness (QED) is 0.289. The Morgan fingerprint density at radius 3 is 1.82 bits per heavy atom. The molecule has 0 aliphatic rings. The molecule has 2 aromatic rings. The molecule has 0 saturated carbocycles. The summed E-state index contributed by atoms with van der Waals surface area (Å²) in [5.41, 5.74) is 7.69. The second-order valence-corrected chi connectivity index (χ2v) is 8.45. The molecule has 0 aliphatic carbocycles. The minimum atomic E-state index is 1.08. The van der Waals surface area contributed by atoms with Crippen molar-refractivity contribution in [2.45, 2.75) is 104 Å². The summed E-state index contributed by atoms with van der Waals surface area (Å²) in [4.78, 5) is 0. The van der Waals surface area contributed by atoms with Crippen LogP contribution in [0.5, 0.6) is 0 Å². The van der Waals surface area contributed by atoms with Crippen molar-refractivity contribution in [3.8, 4) is 0 Å². The average molecular weight is 379 g/mol. The van der Waals surface area contributed by atoms with Gasteiger partial charge in [0.05, 0.1) is 0 Å². The van der Waals surface area contributed by atoms with E-state index in [1.807, 2.05) is 0 Å². The summed E-state index contributed by atoms with van der Waals surface area (Å²) >= 11 is 0. The molecule has 0 atom stereocenters. The molecule has 2 aromatic carbocycles. The van der Waals surface area contributed by atoms with Crippen molar-refractivity contribution in [3.63, 3.8) is 0 Å². The summed E-state index contributed by atoms with van der Waals surface area (Å²) in [7, 11) is 0. The van der Waals surface area contributed by atoms with Gasteiger partial charge >= 0.3 is 0 Å². The van der Waals surface area contributed by atoms with E-state index in [2.05, 4.69) is 63.2 Å². The van der Waals surface area contributed by atoms with Crippen LogP contribution in [0.3, 0.4) is 0 Å². The van der Waals surface area contributed by atoms with Crippen molar-refractivity contribution in [1.29, 1.82) is 0 Å². The van der Waals surface area contributed by atoms with Crippen molar-refractivity contribution in [2.24, 2.45) is 0 Å². The Morgan fingerprint density at radius 2 is 1.21 bits per heavy atom. The third kappa shape index (κ3) is 7.82. The number of unbranched alkanes of at least 4 members (excludes halogenated alkanes) is 9. The summed E-state index contributed by atoms with van der Waals surface area (Å²) < 4.78 is 0. The Balaban J connectivity index is 1.83. The van der Waals surface area contributed by atoms with Crippen molar-refractivity contribution in [3.05, 3.63) is 70.3 Å². The summed E-state index contributed by atoms with van der Waals surface area (Å²) in [6.45, 7) is 6.90. The van der Waals surface area contributed by atoms with E-state index in [9.17, 15) is 0 Å². The van der Waals surface area contributed by atoms with Crippen molar-refractivity contribution in [1.82, 2.24) is 0 Å². The maximum Gasteiger partial charge on any atom is -0.00202 e. The van der Waals surface area contributed by atoms with Crippen LogP contribution in [0.4, 0.5) is 0 Å². The number of hydrogen-bond donors (Lipinski definition) is 0. The fraction of sp³-hybridized carbons (Fsp3) is 0.571. The van der Waals surface area contributed by atoms with Gasteiger partial charge in [-0.05, 0) is 60.4 Å². The predicted molar refractivity (Wildman–Crippen MR) is 125 cm³/mol. The SMILES string of the molecule is CCCCCCCCCCCCc1c(C)ccc(CC)c1Cc1ccccc1.